The van der Waals surface area contributed by atoms with Gasteiger partial charge in [0.15, 0.2) is 0 Å². The Morgan fingerprint density at radius 1 is 1.44 bits per heavy atom. The molecule has 1 atom stereocenters. The van der Waals surface area contributed by atoms with Crippen LogP contribution in [0.1, 0.15) is 25.3 Å². The Labute approximate surface area is 94.7 Å². The van der Waals surface area contributed by atoms with Crippen molar-refractivity contribution in [3.8, 4) is 0 Å². The second kappa shape index (κ2) is 4.47. The van der Waals surface area contributed by atoms with Crippen LogP contribution >= 0.6 is 0 Å². The SMILES string of the molecule is Cc1cnc(NC(C)C(=O)NC2CC2)nc1. The normalized spacial score (nSPS) is 16.6. The lowest BCUT2D eigenvalue weighted by molar-refractivity contribution is -0.121. The monoisotopic (exact) mass is 220 g/mol. The van der Waals surface area contributed by atoms with Gasteiger partial charge in [0.25, 0.3) is 0 Å². The standard InChI is InChI=1S/C11H16N4O/c1-7-5-12-11(13-6-7)14-8(2)10(16)15-9-3-4-9/h5-6,8-9H,3-4H2,1-2H3,(H,15,16)(H,12,13,14). The van der Waals surface area contributed by atoms with Gasteiger partial charge in [-0.1, -0.05) is 0 Å². The molecule has 0 saturated heterocycles. The van der Waals surface area contributed by atoms with E-state index in [-0.39, 0.29) is 11.9 Å². The van der Waals surface area contributed by atoms with E-state index in [2.05, 4.69) is 20.6 Å². The van der Waals surface area contributed by atoms with Crippen molar-refractivity contribution >= 4 is 11.9 Å². The highest BCUT2D eigenvalue weighted by Gasteiger charge is 2.25. The number of amides is 1. The van der Waals surface area contributed by atoms with E-state index in [0.717, 1.165) is 18.4 Å². The van der Waals surface area contributed by atoms with E-state index in [9.17, 15) is 4.79 Å². The molecule has 5 heteroatoms. The molecule has 0 aliphatic heterocycles. The minimum Gasteiger partial charge on any atom is -0.352 e. The Bertz CT molecular complexity index is 372. The van der Waals surface area contributed by atoms with Gasteiger partial charge in [0.2, 0.25) is 11.9 Å². The van der Waals surface area contributed by atoms with Crippen LogP contribution in [0.2, 0.25) is 0 Å². The first-order valence-corrected chi connectivity index (χ1v) is 5.50. The lowest BCUT2D eigenvalue weighted by atomic mass is 10.3. The Morgan fingerprint density at radius 2 is 2.06 bits per heavy atom. The van der Waals surface area contributed by atoms with Gasteiger partial charge < -0.3 is 10.6 Å². The molecule has 0 radical (unpaired) electrons. The van der Waals surface area contributed by atoms with Gasteiger partial charge in [0.1, 0.15) is 6.04 Å². The number of carbonyl (C=O) groups excluding carboxylic acids is 1. The third-order valence-electron chi connectivity index (χ3n) is 2.44. The van der Waals surface area contributed by atoms with E-state index in [1.807, 2.05) is 6.92 Å². The number of aromatic nitrogens is 2. The fourth-order valence-electron chi connectivity index (χ4n) is 1.28. The van der Waals surface area contributed by atoms with Gasteiger partial charge in [-0.05, 0) is 32.3 Å². The highest BCUT2D eigenvalue weighted by molar-refractivity contribution is 5.84. The quantitative estimate of drug-likeness (QED) is 0.790. The molecule has 1 aromatic heterocycles. The molecule has 16 heavy (non-hydrogen) atoms. The Balaban J connectivity index is 1.87. The van der Waals surface area contributed by atoms with Crippen molar-refractivity contribution < 1.29 is 4.79 Å². The smallest absolute Gasteiger partial charge is 0.242 e. The molecule has 1 fully saturated rings. The molecular weight excluding hydrogens is 204 g/mol. The van der Waals surface area contributed by atoms with Crippen molar-refractivity contribution in [3.05, 3.63) is 18.0 Å². The Kier molecular flexibility index (Phi) is 3.03. The molecule has 0 bridgehead atoms. The molecule has 2 N–H and O–H groups in total. The first-order chi connectivity index (χ1) is 7.65. The zero-order valence-corrected chi connectivity index (χ0v) is 9.53. The van der Waals surface area contributed by atoms with Crippen LogP contribution in [0.4, 0.5) is 5.95 Å². The number of anilines is 1. The minimum atomic E-state index is -0.302. The summed E-state index contributed by atoms with van der Waals surface area (Å²) < 4.78 is 0. The predicted molar refractivity (Wildman–Crippen MR) is 61.0 cm³/mol. The van der Waals surface area contributed by atoms with Crippen LogP contribution < -0.4 is 10.6 Å². The summed E-state index contributed by atoms with van der Waals surface area (Å²) in [6.07, 6.45) is 5.64. The Morgan fingerprint density at radius 3 is 2.62 bits per heavy atom. The van der Waals surface area contributed by atoms with Gasteiger partial charge in [0.05, 0.1) is 0 Å². The minimum absolute atomic E-state index is 0.00618. The molecule has 0 aromatic carbocycles. The van der Waals surface area contributed by atoms with Gasteiger partial charge >= 0.3 is 0 Å². The van der Waals surface area contributed by atoms with Gasteiger partial charge in [-0.15, -0.1) is 0 Å². The summed E-state index contributed by atoms with van der Waals surface area (Å²) >= 11 is 0. The Hall–Kier alpha value is -1.65. The van der Waals surface area contributed by atoms with E-state index in [0.29, 0.717) is 12.0 Å². The fraction of sp³-hybridized carbons (Fsp3) is 0.545. The van der Waals surface area contributed by atoms with Gasteiger partial charge in [-0.25, -0.2) is 9.97 Å². The molecule has 1 heterocycles. The third kappa shape index (κ3) is 2.92. The maximum atomic E-state index is 11.6. The van der Waals surface area contributed by atoms with Crippen molar-refractivity contribution in [2.45, 2.75) is 38.8 Å². The van der Waals surface area contributed by atoms with Crippen molar-refractivity contribution in [3.63, 3.8) is 0 Å². The molecule has 0 spiro atoms. The molecule has 1 unspecified atom stereocenters. The molecule has 1 aromatic rings. The zero-order chi connectivity index (χ0) is 11.5. The summed E-state index contributed by atoms with van der Waals surface area (Å²) in [5.41, 5.74) is 1.00. The van der Waals surface area contributed by atoms with E-state index in [1.54, 1.807) is 19.3 Å². The maximum Gasteiger partial charge on any atom is 0.242 e. The number of hydrogen-bond donors (Lipinski definition) is 2. The molecule has 2 rings (SSSR count). The van der Waals surface area contributed by atoms with Crippen molar-refractivity contribution in [2.24, 2.45) is 0 Å². The fourth-order valence-corrected chi connectivity index (χ4v) is 1.28. The van der Waals surface area contributed by atoms with Crippen molar-refractivity contribution in [1.82, 2.24) is 15.3 Å². The van der Waals surface area contributed by atoms with Crippen molar-refractivity contribution in [1.29, 1.82) is 0 Å². The van der Waals surface area contributed by atoms with E-state index >= 15 is 0 Å². The van der Waals surface area contributed by atoms with Crippen LogP contribution in [0.15, 0.2) is 12.4 Å². The zero-order valence-electron chi connectivity index (χ0n) is 9.53. The van der Waals surface area contributed by atoms with E-state index in [1.165, 1.54) is 0 Å². The summed E-state index contributed by atoms with van der Waals surface area (Å²) in [5.74, 6) is 0.496. The molecule has 86 valence electrons. The predicted octanol–water partition coefficient (Wildman–Crippen LogP) is 0.864. The molecule has 1 amide bonds. The van der Waals surface area contributed by atoms with Crippen molar-refractivity contribution in [2.75, 3.05) is 5.32 Å². The van der Waals surface area contributed by atoms with Gasteiger partial charge in [0, 0.05) is 18.4 Å². The average molecular weight is 220 g/mol. The number of nitrogens with zero attached hydrogens (tertiary/aromatic N) is 2. The maximum absolute atomic E-state index is 11.6. The number of nitrogens with one attached hydrogen (secondary N) is 2. The topological polar surface area (TPSA) is 66.9 Å². The van der Waals surface area contributed by atoms with Gasteiger partial charge in [-0.2, -0.15) is 0 Å². The average Bonchev–Trinajstić information content (AvgIpc) is 3.05. The van der Waals surface area contributed by atoms with Gasteiger partial charge in [-0.3, -0.25) is 4.79 Å². The van der Waals surface area contributed by atoms with Crippen LogP contribution in [-0.2, 0) is 4.79 Å². The highest BCUT2D eigenvalue weighted by Crippen LogP contribution is 2.18. The molecular formula is C11H16N4O. The summed E-state index contributed by atoms with van der Waals surface area (Å²) in [6.45, 7) is 3.73. The molecule has 5 nitrogen and oxygen atoms in total. The third-order valence-corrected chi connectivity index (χ3v) is 2.44. The number of rotatable bonds is 4. The van der Waals surface area contributed by atoms with Crippen LogP contribution in [0, 0.1) is 6.92 Å². The second-order valence-electron chi connectivity index (χ2n) is 4.23. The molecule has 1 aliphatic carbocycles. The molecule has 1 aliphatic rings. The molecule has 1 saturated carbocycles. The second-order valence-corrected chi connectivity index (χ2v) is 4.23. The number of hydrogen-bond acceptors (Lipinski definition) is 4. The highest BCUT2D eigenvalue weighted by atomic mass is 16.2. The number of carbonyl (C=O) groups is 1. The van der Waals surface area contributed by atoms with E-state index in [4.69, 9.17) is 0 Å². The lowest BCUT2D eigenvalue weighted by Gasteiger charge is -2.13. The largest absolute Gasteiger partial charge is 0.352 e. The summed E-state index contributed by atoms with van der Waals surface area (Å²) in [6, 6.07) is 0.0824. The lowest BCUT2D eigenvalue weighted by Crippen LogP contribution is -2.39. The van der Waals surface area contributed by atoms with Crippen LogP contribution in [0.3, 0.4) is 0 Å². The first kappa shape index (κ1) is 10.9. The number of aryl methyl sites for hydroxylation is 1. The van der Waals surface area contributed by atoms with Crippen LogP contribution in [0.5, 0.6) is 0 Å². The summed E-state index contributed by atoms with van der Waals surface area (Å²) in [5, 5.41) is 5.90. The van der Waals surface area contributed by atoms with Crippen LogP contribution in [-0.4, -0.2) is 28.0 Å². The first-order valence-electron chi connectivity index (χ1n) is 5.50. The summed E-state index contributed by atoms with van der Waals surface area (Å²) in [7, 11) is 0. The summed E-state index contributed by atoms with van der Waals surface area (Å²) in [4.78, 5) is 19.8. The van der Waals surface area contributed by atoms with E-state index < -0.39 is 0 Å². The van der Waals surface area contributed by atoms with Crippen LogP contribution in [0.25, 0.3) is 0 Å².